The number of likely N-dealkylation sites (tertiary alicyclic amines) is 1. The first-order chi connectivity index (χ1) is 11.0. The minimum absolute atomic E-state index is 0.0728. The van der Waals surface area contributed by atoms with Crippen LogP contribution in [0.25, 0.3) is 0 Å². The van der Waals surface area contributed by atoms with E-state index in [1.54, 1.807) is 6.20 Å². The Morgan fingerprint density at radius 1 is 1.43 bits per heavy atom. The number of nitrogens with one attached hydrogen (secondary N) is 2. The van der Waals surface area contributed by atoms with E-state index >= 15 is 0 Å². The lowest BCUT2D eigenvalue weighted by Gasteiger charge is -2.32. The second-order valence-electron chi connectivity index (χ2n) is 6.41. The zero-order chi connectivity index (χ0) is 16.3. The maximum absolute atomic E-state index is 13.1. The lowest BCUT2D eigenvalue weighted by atomic mass is 10.0. The molecule has 3 heterocycles. The van der Waals surface area contributed by atoms with Crippen LogP contribution in [0.4, 0.5) is 8.78 Å². The molecule has 0 bridgehead atoms. The number of alkyl halides is 2. The summed E-state index contributed by atoms with van der Waals surface area (Å²) in [7, 11) is 0. The van der Waals surface area contributed by atoms with E-state index in [2.05, 4.69) is 20.5 Å². The van der Waals surface area contributed by atoms with Crippen LogP contribution in [0.3, 0.4) is 0 Å². The summed E-state index contributed by atoms with van der Waals surface area (Å²) in [5, 5.41) is 5.51. The molecule has 2 saturated heterocycles. The first-order valence-corrected chi connectivity index (χ1v) is 8.05. The monoisotopic (exact) mass is 324 g/mol. The molecule has 0 aromatic carbocycles. The van der Waals surface area contributed by atoms with Gasteiger partial charge in [0.05, 0.1) is 12.6 Å². The van der Waals surface area contributed by atoms with Gasteiger partial charge in [0.25, 0.3) is 5.92 Å². The molecular formula is C16H22F2N4O. The predicted octanol–water partition coefficient (Wildman–Crippen LogP) is 1.16. The number of halogens is 2. The molecule has 1 amide bonds. The van der Waals surface area contributed by atoms with Crippen molar-refractivity contribution in [3.05, 3.63) is 30.1 Å². The van der Waals surface area contributed by atoms with Crippen LogP contribution in [0.5, 0.6) is 0 Å². The van der Waals surface area contributed by atoms with E-state index in [4.69, 9.17) is 0 Å². The molecule has 1 aromatic heterocycles. The van der Waals surface area contributed by atoms with Crippen LogP contribution in [-0.2, 0) is 11.3 Å². The Morgan fingerprint density at radius 2 is 2.22 bits per heavy atom. The summed E-state index contributed by atoms with van der Waals surface area (Å²) in [5.41, 5.74) is 1.17. The van der Waals surface area contributed by atoms with Gasteiger partial charge in [-0.2, -0.15) is 0 Å². The van der Waals surface area contributed by atoms with Crippen molar-refractivity contribution in [2.24, 2.45) is 0 Å². The van der Waals surface area contributed by atoms with Gasteiger partial charge in [-0.1, -0.05) is 6.07 Å². The first-order valence-electron chi connectivity index (χ1n) is 8.05. The number of rotatable bonds is 4. The number of nitrogens with zero attached hydrogens (tertiary/aromatic N) is 2. The predicted molar refractivity (Wildman–Crippen MR) is 82.0 cm³/mol. The third-order valence-electron chi connectivity index (χ3n) is 4.49. The average molecular weight is 324 g/mol. The van der Waals surface area contributed by atoms with Crippen molar-refractivity contribution in [3.8, 4) is 0 Å². The molecule has 2 N–H and O–H groups in total. The summed E-state index contributed by atoms with van der Waals surface area (Å²) in [5.74, 6) is -3.07. The highest BCUT2D eigenvalue weighted by Crippen LogP contribution is 2.25. The van der Waals surface area contributed by atoms with E-state index in [0.717, 1.165) is 32.5 Å². The number of piperidine rings is 1. The number of aromatic nitrogens is 1. The Labute approximate surface area is 134 Å². The number of hydrogen-bond donors (Lipinski definition) is 2. The molecule has 0 saturated carbocycles. The number of amides is 1. The van der Waals surface area contributed by atoms with Gasteiger partial charge in [-0.05, 0) is 24.5 Å². The zero-order valence-electron chi connectivity index (χ0n) is 13.0. The third kappa shape index (κ3) is 4.45. The lowest BCUT2D eigenvalue weighted by Crippen LogP contribution is -2.49. The molecule has 0 radical (unpaired) electrons. The lowest BCUT2D eigenvalue weighted by molar-refractivity contribution is -0.124. The fourth-order valence-electron chi connectivity index (χ4n) is 3.19. The van der Waals surface area contributed by atoms with Crippen molar-refractivity contribution < 1.29 is 13.6 Å². The van der Waals surface area contributed by atoms with Crippen molar-refractivity contribution in [1.29, 1.82) is 0 Å². The number of carbonyl (C=O) groups is 1. The molecule has 3 rings (SSSR count). The van der Waals surface area contributed by atoms with E-state index in [9.17, 15) is 13.6 Å². The molecule has 5 nitrogen and oxygen atoms in total. The summed E-state index contributed by atoms with van der Waals surface area (Å²) in [6.07, 6.45) is 4.90. The molecule has 0 spiro atoms. The van der Waals surface area contributed by atoms with Gasteiger partial charge in [0.2, 0.25) is 5.91 Å². The quantitative estimate of drug-likeness (QED) is 0.873. The van der Waals surface area contributed by atoms with Crippen LogP contribution in [0.1, 0.15) is 24.8 Å². The zero-order valence-corrected chi connectivity index (χ0v) is 13.0. The van der Waals surface area contributed by atoms with Gasteiger partial charge in [-0.15, -0.1) is 0 Å². The molecule has 2 aliphatic heterocycles. The minimum atomic E-state index is -2.77. The standard InChI is InChI=1S/C16H22F2N4O/c17-16(18)8-14(20-11-16)15(23)21-13-3-6-22(7-4-13)10-12-2-1-5-19-9-12/h1-2,5,9,13-14,20H,3-4,6-8,10-11H2,(H,21,23). The molecule has 1 aromatic rings. The van der Waals surface area contributed by atoms with Gasteiger partial charge in [0.1, 0.15) is 0 Å². The fraction of sp³-hybridized carbons (Fsp3) is 0.625. The summed E-state index contributed by atoms with van der Waals surface area (Å²) in [4.78, 5) is 18.5. The molecule has 7 heteroatoms. The third-order valence-corrected chi connectivity index (χ3v) is 4.49. The Morgan fingerprint density at radius 3 is 2.83 bits per heavy atom. The Kier molecular flexibility index (Phi) is 4.87. The second kappa shape index (κ2) is 6.88. The molecular weight excluding hydrogens is 302 g/mol. The summed E-state index contributed by atoms with van der Waals surface area (Å²) in [6, 6.07) is 3.28. The van der Waals surface area contributed by atoms with Crippen LogP contribution in [0.2, 0.25) is 0 Å². The van der Waals surface area contributed by atoms with Crippen molar-refractivity contribution in [3.63, 3.8) is 0 Å². The Bertz CT molecular complexity index is 532. The van der Waals surface area contributed by atoms with Crippen molar-refractivity contribution in [2.45, 2.75) is 43.8 Å². The minimum Gasteiger partial charge on any atom is -0.352 e. The van der Waals surface area contributed by atoms with Gasteiger partial charge in [0.15, 0.2) is 0 Å². The SMILES string of the molecule is O=C(NC1CCN(Cc2cccnc2)CC1)C1CC(F)(F)CN1. The van der Waals surface area contributed by atoms with E-state index in [0.29, 0.717) is 0 Å². The van der Waals surface area contributed by atoms with Crippen LogP contribution in [0.15, 0.2) is 24.5 Å². The van der Waals surface area contributed by atoms with Crippen LogP contribution >= 0.6 is 0 Å². The Hall–Kier alpha value is -1.60. The molecule has 126 valence electrons. The van der Waals surface area contributed by atoms with Crippen molar-refractivity contribution in [2.75, 3.05) is 19.6 Å². The molecule has 0 aliphatic carbocycles. The van der Waals surface area contributed by atoms with Crippen molar-refractivity contribution in [1.82, 2.24) is 20.5 Å². The van der Waals surface area contributed by atoms with E-state index in [1.165, 1.54) is 5.56 Å². The van der Waals surface area contributed by atoms with E-state index in [1.807, 2.05) is 18.3 Å². The van der Waals surface area contributed by atoms with Crippen molar-refractivity contribution >= 4 is 5.91 Å². The summed E-state index contributed by atoms with van der Waals surface area (Å²) < 4.78 is 26.3. The van der Waals surface area contributed by atoms with Crippen LogP contribution in [0, 0.1) is 0 Å². The first kappa shape index (κ1) is 16.3. The molecule has 1 unspecified atom stereocenters. The molecule has 2 aliphatic rings. The van der Waals surface area contributed by atoms with Crippen LogP contribution in [-0.4, -0.2) is 53.4 Å². The maximum atomic E-state index is 13.1. The number of carbonyl (C=O) groups excluding carboxylic acids is 1. The van der Waals surface area contributed by atoms with Gasteiger partial charge in [-0.25, -0.2) is 8.78 Å². The highest BCUT2D eigenvalue weighted by molar-refractivity contribution is 5.82. The highest BCUT2D eigenvalue weighted by Gasteiger charge is 2.42. The summed E-state index contributed by atoms with van der Waals surface area (Å²) in [6.45, 7) is 2.21. The van der Waals surface area contributed by atoms with Gasteiger partial charge in [-0.3, -0.25) is 20.0 Å². The van der Waals surface area contributed by atoms with Gasteiger partial charge in [0, 0.05) is 44.5 Å². The normalized spacial score (nSPS) is 25.4. The van der Waals surface area contributed by atoms with Crippen LogP contribution < -0.4 is 10.6 Å². The number of pyridine rings is 1. The fourth-order valence-corrected chi connectivity index (χ4v) is 3.19. The summed E-state index contributed by atoms with van der Waals surface area (Å²) >= 11 is 0. The molecule has 23 heavy (non-hydrogen) atoms. The maximum Gasteiger partial charge on any atom is 0.262 e. The second-order valence-corrected chi connectivity index (χ2v) is 6.41. The molecule has 1 atom stereocenters. The molecule has 2 fully saturated rings. The average Bonchev–Trinajstić information content (AvgIpc) is 2.90. The van der Waals surface area contributed by atoms with Gasteiger partial charge < -0.3 is 5.32 Å². The largest absolute Gasteiger partial charge is 0.352 e. The Balaban J connectivity index is 1.42. The van der Waals surface area contributed by atoms with E-state index < -0.39 is 24.9 Å². The van der Waals surface area contributed by atoms with E-state index in [-0.39, 0.29) is 11.9 Å². The number of hydrogen-bond acceptors (Lipinski definition) is 4. The highest BCUT2D eigenvalue weighted by atomic mass is 19.3. The van der Waals surface area contributed by atoms with Gasteiger partial charge >= 0.3 is 0 Å². The topological polar surface area (TPSA) is 57.3 Å². The smallest absolute Gasteiger partial charge is 0.262 e.